The number of nitrogens with one attached hydrogen (secondary N) is 1. The topological polar surface area (TPSA) is 90.6 Å². The van der Waals surface area contributed by atoms with Crippen LogP contribution < -0.4 is 11.1 Å². The molecule has 1 aliphatic heterocycles. The van der Waals surface area contributed by atoms with E-state index in [0.29, 0.717) is 32.5 Å². The highest BCUT2D eigenvalue weighted by molar-refractivity contribution is 6.36. The summed E-state index contributed by atoms with van der Waals surface area (Å²) in [6, 6.07) is 10.2. The molecule has 0 radical (unpaired) electrons. The molecule has 6 nitrogen and oxygen atoms in total. The quantitative estimate of drug-likeness (QED) is 0.414. The monoisotopic (exact) mass is 434 g/mol. The van der Waals surface area contributed by atoms with E-state index in [0.717, 1.165) is 0 Å². The molecule has 0 saturated heterocycles. The van der Waals surface area contributed by atoms with Crippen LogP contribution in [0.5, 0.6) is 0 Å². The predicted octanol–water partition coefficient (Wildman–Crippen LogP) is 4.27. The molecule has 1 aliphatic rings. The number of anilines is 2. The normalized spacial score (nSPS) is 20.2. The van der Waals surface area contributed by atoms with E-state index < -0.39 is 23.4 Å². The van der Waals surface area contributed by atoms with Gasteiger partial charge in [0.2, 0.25) is 0 Å². The van der Waals surface area contributed by atoms with Crippen LogP contribution in [0.2, 0.25) is 10.0 Å². The number of carbonyl (C=O) groups excluding carboxylic acids is 2. The molecule has 3 N–H and O–H groups in total. The minimum Gasteiger partial charge on any atom is -0.466 e. The smallest absolute Gasteiger partial charge is 0.337 e. The second-order valence-corrected chi connectivity index (χ2v) is 7.29. The molecule has 0 spiro atoms. The minimum atomic E-state index is -1.44. The van der Waals surface area contributed by atoms with Gasteiger partial charge in [0.25, 0.3) is 0 Å². The summed E-state index contributed by atoms with van der Waals surface area (Å²) in [4.78, 5) is 25.1. The van der Waals surface area contributed by atoms with E-state index >= 15 is 0 Å². The lowest BCUT2D eigenvalue weighted by atomic mass is 9.76. The fourth-order valence-corrected chi connectivity index (χ4v) is 4.23. The first-order valence-electron chi connectivity index (χ1n) is 8.90. The van der Waals surface area contributed by atoms with Crippen LogP contribution in [0.25, 0.3) is 0 Å². The third kappa shape index (κ3) is 3.66. The molecule has 0 aromatic heterocycles. The number of halogens is 2. The number of esters is 2. The van der Waals surface area contributed by atoms with Gasteiger partial charge in [-0.3, -0.25) is 0 Å². The standard InChI is InChI=1S/C21H20Cl2N2O4/c1-3-29-20(27)21(13-6-4-5-7-16(13)24)14(8-9-18(26)28-2)19-15(23)10-12(22)11-17(19)25-21/h4-11,14,25H,3,24H2,1-2H3/b9-8-. The van der Waals surface area contributed by atoms with E-state index in [1.54, 1.807) is 49.4 Å². The summed E-state index contributed by atoms with van der Waals surface area (Å²) in [6.45, 7) is 1.87. The summed E-state index contributed by atoms with van der Waals surface area (Å²) in [5.74, 6) is -1.83. The molecule has 0 fully saturated rings. The lowest BCUT2D eigenvalue weighted by Crippen LogP contribution is -2.46. The highest BCUT2D eigenvalue weighted by Gasteiger charge is 2.55. The molecule has 0 amide bonds. The summed E-state index contributed by atoms with van der Waals surface area (Å²) >= 11 is 12.7. The number of hydrogen-bond donors (Lipinski definition) is 2. The van der Waals surface area contributed by atoms with E-state index in [-0.39, 0.29) is 6.61 Å². The summed E-state index contributed by atoms with van der Waals surface area (Å²) in [7, 11) is 1.27. The Morgan fingerprint density at radius 1 is 1.28 bits per heavy atom. The van der Waals surface area contributed by atoms with Gasteiger partial charge in [-0.15, -0.1) is 0 Å². The van der Waals surface area contributed by atoms with Gasteiger partial charge in [-0.2, -0.15) is 0 Å². The van der Waals surface area contributed by atoms with Gasteiger partial charge in [-0.1, -0.05) is 47.5 Å². The summed E-state index contributed by atoms with van der Waals surface area (Å²) in [5.41, 5.74) is 6.85. The molecule has 8 heteroatoms. The molecule has 2 atom stereocenters. The summed E-state index contributed by atoms with van der Waals surface area (Å²) < 4.78 is 10.1. The Bertz CT molecular complexity index is 993. The van der Waals surface area contributed by atoms with Crippen molar-refractivity contribution in [1.82, 2.24) is 0 Å². The number of rotatable bonds is 5. The second-order valence-electron chi connectivity index (χ2n) is 6.45. The zero-order valence-electron chi connectivity index (χ0n) is 15.9. The average molecular weight is 435 g/mol. The molecular formula is C21H20Cl2N2O4. The largest absolute Gasteiger partial charge is 0.466 e. The highest BCUT2D eigenvalue weighted by atomic mass is 35.5. The number of para-hydroxylation sites is 1. The van der Waals surface area contributed by atoms with Crippen molar-refractivity contribution in [3.8, 4) is 0 Å². The van der Waals surface area contributed by atoms with E-state index in [2.05, 4.69) is 5.32 Å². The number of ether oxygens (including phenoxy) is 2. The minimum absolute atomic E-state index is 0.160. The van der Waals surface area contributed by atoms with Crippen LogP contribution >= 0.6 is 23.2 Å². The summed E-state index contributed by atoms with van der Waals surface area (Å²) in [6.07, 6.45) is 2.81. The molecule has 152 valence electrons. The first-order valence-corrected chi connectivity index (χ1v) is 9.66. The molecular weight excluding hydrogens is 415 g/mol. The van der Waals surface area contributed by atoms with Gasteiger partial charge < -0.3 is 20.5 Å². The fourth-order valence-electron chi connectivity index (χ4n) is 3.62. The van der Waals surface area contributed by atoms with Crippen molar-refractivity contribution >= 4 is 46.5 Å². The molecule has 2 unspecified atom stereocenters. The maximum atomic E-state index is 13.3. The Morgan fingerprint density at radius 3 is 2.66 bits per heavy atom. The number of nitrogen functional groups attached to an aromatic ring is 1. The molecule has 0 saturated carbocycles. The molecule has 29 heavy (non-hydrogen) atoms. The molecule has 0 aliphatic carbocycles. The van der Waals surface area contributed by atoms with Crippen LogP contribution in [0.3, 0.4) is 0 Å². The van der Waals surface area contributed by atoms with Gasteiger partial charge >= 0.3 is 11.9 Å². The maximum absolute atomic E-state index is 13.3. The molecule has 2 aromatic rings. The number of carbonyl (C=O) groups is 2. The zero-order valence-corrected chi connectivity index (χ0v) is 17.4. The first-order chi connectivity index (χ1) is 13.8. The number of nitrogens with two attached hydrogens (primary N) is 1. The van der Waals surface area contributed by atoms with Crippen molar-refractivity contribution in [2.24, 2.45) is 0 Å². The number of benzene rings is 2. The van der Waals surface area contributed by atoms with Crippen molar-refractivity contribution in [2.45, 2.75) is 18.4 Å². The zero-order chi connectivity index (χ0) is 21.2. The average Bonchev–Trinajstić information content (AvgIpc) is 3.01. The number of fused-ring (bicyclic) bond motifs is 1. The third-order valence-corrected chi connectivity index (χ3v) is 5.34. The third-order valence-electron chi connectivity index (χ3n) is 4.81. The fraction of sp³-hybridized carbons (Fsp3) is 0.238. The van der Waals surface area contributed by atoms with E-state index in [1.165, 1.54) is 13.2 Å². The van der Waals surface area contributed by atoms with Crippen LogP contribution in [-0.2, 0) is 24.6 Å². The Labute approximate surface area is 178 Å². The van der Waals surface area contributed by atoms with Crippen molar-refractivity contribution in [3.05, 3.63) is 69.7 Å². The van der Waals surface area contributed by atoms with Gasteiger partial charge in [0.1, 0.15) is 0 Å². The first kappa shape index (κ1) is 21.0. The molecule has 3 rings (SSSR count). The SMILES string of the molecule is CCOC(=O)C1(c2ccccc2N)Nc2cc(Cl)cc(Cl)c2C1/C=C\C(=O)OC. The Balaban J connectivity index is 2.31. The van der Waals surface area contributed by atoms with Crippen molar-refractivity contribution in [1.29, 1.82) is 0 Å². The predicted molar refractivity (Wildman–Crippen MR) is 113 cm³/mol. The van der Waals surface area contributed by atoms with Gasteiger partial charge in [-0.05, 0) is 25.1 Å². The van der Waals surface area contributed by atoms with E-state index in [9.17, 15) is 9.59 Å². The molecule has 2 aromatic carbocycles. The van der Waals surface area contributed by atoms with Crippen LogP contribution in [-0.4, -0.2) is 25.7 Å². The van der Waals surface area contributed by atoms with Crippen molar-refractivity contribution < 1.29 is 19.1 Å². The van der Waals surface area contributed by atoms with Crippen LogP contribution in [0.1, 0.15) is 24.0 Å². The Morgan fingerprint density at radius 2 is 2.00 bits per heavy atom. The van der Waals surface area contributed by atoms with Gasteiger partial charge in [0, 0.05) is 44.5 Å². The lowest BCUT2D eigenvalue weighted by Gasteiger charge is -2.34. The summed E-state index contributed by atoms with van der Waals surface area (Å²) in [5, 5.41) is 3.98. The van der Waals surface area contributed by atoms with Crippen LogP contribution in [0.15, 0.2) is 48.6 Å². The van der Waals surface area contributed by atoms with Crippen LogP contribution in [0, 0.1) is 0 Å². The maximum Gasteiger partial charge on any atom is 0.337 e. The second kappa shape index (κ2) is 8.35. The number of methoxy groups -OCH3 is 1. The van der Waals surface area contributed by atoms with Crippen molar-refractivity contribution in [2.75, 3.05) is 24.8 Å². The van der Waals surface area contributed by atoms with E-state index in [1.807, 2.05) is 0 Å². The number of hydrogen-bond acceptors (Lipinski definition) is 6. The highest BCUT2D eigenvalue weighted by Crippen LogP contribution is 2.54. The van der Waals surface area contributed by atoms with Crippen LogP contribution in [0.4, 0.5) is 11.4 Å². The molecule has 1 heterocycles. The van der Waals surface area contributed by atoms with Gasteiger partial charge in [0.15, 0.2) is 5.54 Å². The van der Waals surface area contributed by atoms with Gasteiger partial charge in [-0.25, -0.2) is 9.59 Å². The Hall–Kier alpha value is -2.70. The Kier molecular flexibility index (Phi) is 6.05. The lowest BCUT2D eigenvalue weighted by molar-refractivity contribution is -0.149. The van der Waals surface area contributed by atoms with Gasteiger partial charge in [0.05, 0.1) is 13.7 Å². The van der Waals surface area contributed by atoms with Crippen molar-refractivity contribution in [3.63, 3.8) is 0 Å². The molecule has 0 bridgehead atoms. The van der Waals surface area contributed by atoms with E-state index in [4.69, 9.17) is 38.4 Å².